The van der Waals surface area contributed by atoms with Gasteiger partial charge in [0.2, 0.25) is 0 Å². The fourth-order valence-corrected chi connectivity index (χ4v) is 2.64. The summed E-state index contributed by atoms with van der Waals surface area (Å²) in [6, 6.07) is 17.8. The van der Waals surface area contributed by atoms with Crippen molar-refractivity contribution in [1.82, 2.24) is 5.32 Å². The Bertz CT molecular complexity index is 893. The normalized spacial score (nSPS) is 10.3. The molecule has 6 heteroatoms. The lowest BCUT2D eigenvalue weighted by molar-refractivity contribution is 0.0955. The first-order valence-corrected chi connectivity index (χ1v) is 8.48. The van der Waals surface area contributed by atoms with Gasteiger partial charge in [-0.05, 0) is 42.3 Å². The molecule has 5 nitrogen and oxygen atoms in total. The summed E-state index contributed by atoms with van der Waals surface area (Å²) in [5.41, 5.74) is 1.80. The van der Waals surface area contributed by atoms with E-state index in [-0.39, 0.29) is 11.7 Å². The minimum Gasteiger partial charge on any atom is -0.459 e. The van der Waals surface area contributed by atoms with Crippen molar-refractivity contribution >= 4 is 29.1 Å². The zero-order valence-corrected chi connectivity index (χ0v) is 14.6. The summed E-state index contributed by atoms with van der Waals surface area (Å²) >= 11 is 6.02. The zero-order valence-electron chi connectivity index (χ0n) is 13.9. The van der Waals surface area contributed by atoms with Crippen LogP contribution in [0, 0.1) is 0 Å². The highest BCUT2D eigenvalue weighted by atomic mass is 35.5. The average Bonchev–Trinajstić information content (AvgIpc) is 3.19. The van der Waals surface area contributed by atoms with Crippen molar-refractivity contribution in [3.05, 3.63) is 88.8 Å². The molecule has 0 aliphatic heterocycles. The number of nitrogens with one attached hydrogen (secondary N) is 2. The lowest BCUT2D eigenvalue weighted by Gasteiger charge is -2.11. The molecule has 0 spiro atoms. The lowest BCUT2D eigenvalue weighted by atomic mass is 10.1. The Hall–Kier alpha value is -3.05. The van der Waals surface area contributed by atoms with Crippen LogP contribution in [0.2, 0.25) is 5.02 Å². The fourth-order valence-electron chi connectivity index (χ4n) is 2.47. The minimum atomic E-state index is -0.435. The van der Waals surface area contributed by atoms with Crippen LogP contribution < -0.4 is 10.6 Å². The molecule has 0 atom stereocenters. The summed E-state index contributed by atoms with van der Waals surface area (Å²) in [4.78, 5) is 24.7. The zero-order chi connectivity index (χ0) is 18.4. The average molecular weight is 369 g/mol. The van der Waals surface area contributed by atoms with Gasteiger partial charge < -0.3 is 15.1 Å². The van der Waals surface area contributed by atoms with Crippen LogP contribution in [0.15, 0.2) is 71.3 Å². The van der Waals surface area contributed by atoms with E-state index in [0.29, 0.717) is 29.2 Å². The summed E-state index contributed by atoms with van der Waals surface area (Å²) in [6.45, 7) is 0.473. The number of hydrogen-bond donors (Lipinski definition) is 2. The number of carbonyl (C=O) groups is 2. The second kappa shape index (κ2) is 8.36. The van der Waals surface area contributed by atoms with E-state index in [0.717, 1.165) is 5.56 Å². The highest BCUT2D eigenvalue weighted by molar-refractivity contribution is 6.31. The molecule has 0 aliphatic carbocycles. The number of halogens is 1. The number of amides is 2. The van der Waals surface area contributed by atoms with Gasteiger partial charge in [0.15, 0.2) is 5.76 Å². The van der Waals surface area contributed by atoms with Crippen molar-refractivity contribution in [2.45, 2.75) is 6.42 Å². The summed E-state index contributed by atoms with van der Waals surface area (Å²) in [6.07, 6.45) is 2.12. The van der Waals surface area contributed by atoms with Crippen molar-refractivity contribution < 1.29 is 14.0 Å². The largest absolute Gasteiger partial charge is 0.459 e. The Morgan fingerprint density at radius 1 is 0.962 bits per heavy atom. The highest BCUT2D eigenvalue weighted by Crippen LogP contribution is 2.21. The topological polar surface area (TPSA) is 71.3 Å². The van der Waals surface area contributed by atoms with E-state index in [1.54, 1.807) is 24.3 Å². The van der Waals surface area contributed by atoms with Gasteiger partial charge in [-0.1, -0.05) is 41.9 Å². The van der Waals surface area contributed by atoms with Crippen LogP contribution in [0.25, 0.3) is 0 Å². The van der Waals surface area contributed by atoms with Crippen LogP contribution in [0.1, 0.15) is 26.5 Å². The van der Waals surface area contributed by atoms with Crippen LogP contribution in [-0.2, 0) is 6.42 Å². The van der Waals surface area contributed by atoms with Crippen LogP contribution in [0.3, 0.4) is 0 Å². The third kappa shape index (κ3) is 4.52. The second-order valence-corrected chi connectivity index (χ2v) is 6.05. The molecule has 0 fully saturated rings. The maximum Gasteiger partial charge on any atom is 0.291 e. The van der Waals surface area contributed by atoms with Crippen molar-refractivity contribution in [2.24, 2.45) is 0 Å². The molecular weight excluding hydrogens is 352 g/mol. The van der Waals surface area contributed by atoms with Crippen molar-refractivity contribution in [2.75, 3.05) is 11.9 Å². The van der Waals surface area contributed by atoms with Gasteiger partial charge in [-0.3, -0.25) is 9.59 Å². The number of carbonyl (C=O) groups excluding carboxylic acids is 2. The van der Waals surface area contributed by atoms with E-state index < -0.39 is 5.91 Å². The molecule has 0 bridgehead atoms. The molecule has 1 heterocycles. The van der Waals surface area contributed by atoms with Crippen LogP contribution >= 0.6 is 11.6 Å². The lowest BCUT2D eigenvalue weighted by Crippen LogP contribution is -2.27. The standard InChI is InChI=1S/C20H17ClN2O3/c21-15-8-9-17(23-20(25)18-7-4-12-26-18)16(13-15)19(24)22-11-10-14-5-2-1-3-6-14/h1-9,12-13H,10-11H2,(H,22,24)(H,23,25). The monoisotopic (exact) mass is 368 g/mol. The molecule has 0 radical (unpaired) electrons. The maximum atomic E-state index is 12.5. The Labute approximate surface area is 156 Å². The molecule has 0 aliphatic rings. The molecule has 0 saturated heterocycles. The van der Waals surface area contributed by atoms with E-state index in [2.05, 4.69) is 10.6 Å². The van der Waals surface area contributed by atoms with E-state index in [1.165, 1.54) is 12.3 Å². The van der Waals surface area contributed by atoms with E-state index in [4.69, 9.17) is 16.0 Å². The van der Waals surface area contributed by atoms with E-state index in [1.807, 2.05) is 30.3 Å². The van der Waals surface area contributed by atoms with E-state index in [9.17, 15) is 9.59 Å². The Kier molecular flexibility index (Phi) is 5.71. The van der Waals surface area contributed by atoms with Gasteiger partial charge in [0, 0.05) is 11.6 Å². The fraction of sp³-hybridized carbons (Fsp3) is 0.100. The molecule has 3 rings (SSSR count). The summed E-state index contributed by atoms with van der Waals surface area (Å²) in [5, 5.41) is 5.94. The molecule has 2 amide bonds. The third-order valence-corrected chi connectivity index (χ3v) is 4.00. The molecule has 0 saturated carbocycles. The first kappa shape index (κ1) is 17.8. The summed E-state index contributed by atoms with van der Waals surface area (Å²) in [7, 11) is 0. The highest BCUT2D eigenvalue weighted by Gasteiger charge is 2.16. The molecule has 3 aromatic rings. The van der Waals surface area contributed by atoms with Crippen LogP contribution in [-0.4, -0.2) is 18.4 Å². The molecular formula is C20H17ClN2O3. The molecule has 1 aromatic heterocycles. The molecule has 2 N–H and O–H groups in total. The van der Waals surface area contributed by atoms with Crippen molar-refractivity contribution in [1.29, 1.82) is 0 Å². The molecule has 26 heavy (non-hydrogen) atoms. The van der Waals surface area contributed by atoms with Gasteiger partial charge >= 0.3 is 0 Å². The molecule has 132 valence electrons. The van der Waals surface area contributed by atoms with Gasteiger partial charge in [-0.25, -0.2) is 0 Å². The summed E-state index contributed by atoms with van der Waals surface area (Å²) < 4.78 is 5.07. The minimum absolute atomic E-state index is 0.162. The quantitative estimate of drug-likeness (QED) is 0.686. The number of hydrogen-bond acceptors (Lipinski definition) is 3. The van der Waals surface area contributed by atoms with Crippen molar-refractivity contribution in [3.8, 4) is 0 Å². The van der Waals surface area contributed by atoms with E-state index >= 15 is 0 Å². The number of furan rings is 1. The van der Waals surface area contributed by atoms with Crippen molar-refractivity contribution in [3.63, 3.8) is 0 Å². The molecule has 2 aromatic carbocycles. The Balaban J connectivity index is 1.68. The van der Waals surface area contributed by atoms with Gasteiger partial charge in [0.1, 0.15) is 0 Å². The van der Waals surface area contributed by atoms with Gasteiger partial charge in [0.05, 0.1) is 17.5 Å². The number of benzene rings is 2. The predicted molar refractivity (Wildman–Crippen MR) is 101 cm³/mol. The first-order chi connectivity index (χ1) is 12.6. The molecule has 0 unspecified atom stereocenters. The summed E-state index contributed by atoms with van der Waals surface area (Å²) in [5.74, 6) is -0.579. The number of rotatable bonds is 6. The van der Waals surface area contributed by atoms with Gasteiger partial charge in [-0.2, -0.15) is 0 Å². The van der Waals surface area contributed by atoms with Gasteiger partial charge in [0.25, 0.3) is 11.8 Å². The Morgan fingerprint density at radius 2 is 1.77 bits per heavy atom. The SMILES string of the molecule is O=C(Nc1ccc(Cl)cc1C(=O)NCCc1ccccc1)c1ccco1. The predicted octanol–water partition coefficient (Wildman–Crippen LogP) is 4.16. The second-order valence-electron chi connectivity index (χ2n) is 5.61. The van der Waals surface area contributed by atoms with Crippen LogP contribution in [0.5, 0.6) is 0 Å². The third-order valence-electron chi connectivity index (χ3n) is 3.76. The maximum absolute atomic E-state index is 12.5. The first-order valence-electron chi connectivity index (χ1n) is 8.10. The Morgan fingerprint density at radius 3 is 2.50 bits per heavy atom. The smallest absolute Gasteiger partial charge is 0.291 e. The van der Waals surface area contributed by atoms with Gasteiger partial charge in [-0.15, -0.1) is 0 Å². The number of anilines is 1. The van der Waals surface area contributed by atoms with Crippen LogP contribution in [0.4, 0.5) is 5.69 Å².